The van der Waals surface area contributed by atoms with Crippen LogP contribution in [0.4, 0.5) is 10.1 Å². The molecule has 0 heterocycles. The molecule has 0 spiro atoms. The van der Waals surface area contributed by atoms with Crippen molar-refractivity contribution in [1.29, 1.82) is 0 Å². The normalized spacial score (nSPS) is 17.8. The molecule has 0 atom stereocenters. The summed E-state index contributed by atoms with van der Waals surface area (Å²) < 4.78 is 13.5. The number of hydrogen-bond acceptors (Lipinski definition) is 1. The van der Waals surface area contributed by atoms with E-state index in [9.17, 15) is 4.39 Å². The van der Waals surface area contributed by atoms with Crippen LogP contribution < -0.4 is 5.32 Å². The van der Waals surface area contributed by atoms with Crippen LogP contribution in [0.1, 0.15) is 38.5 Å². The first kappa shape index (κ1) is 12.7. The summed E-state index contributed by atoms with van der Waals surface area (Å²) in [5.74, 6) is 0.457. The van der Waals surface area contributed by atoms with Crippen LogP contribution in [-0.4, -0.2) is 6.54 Å². The van der Waals surface area contributed by atoms with Gasteiger partial charge in [-0.2, -0.15) is 0 Å². The second-order valence-corrected chi connectivity index (χ2v) is 5.30. The van der Waals surface area contributed by atoms with Crippen LogP contribution in [0.5, 0.6) is 0 Å². The molecule has 0 aromatic heterocycles. The van der Waals surface area contributed by atoms with Crippen molar-refractivity contribution in [3.05, 3.63) is 29.0 Å². The minimum atomic E-state index is -0.219. The molecule has 1 aromatic carbocycles. The Morgan fingerprint density at radius 3 is 2.59 bits per heavy atom. The van der Waals surface area contributed by atoms with Gasteiger partial charge in [0.2, 0.25) is 0 Å². The summed E-state index contributed by atoms with van der Waals surface area (Å²) in [6, 6.07) is 4.65. The van der Waals surface area contributed by atoms with E-state index in [0.717, 1.165) is 6.54 Å². The zero-order valence-corrected chi connectivity index (χ0v) is 10.8. The summed E-state index contributed by atoms with van der Waals surface area (Å²) in [6.07, 6.45) is 7.84. The summed E-state index contributed by atoms with van der Waals surface area (Å²) in [7, 11) is 0. The van der Waals surface area contributed by atoms with Crippen LogP contribution >= 0.6 is 11.6 Å². The second-order valence-electron chi connectivity index (χ2n) is 4.86. The van der Waals surface area contributed by atoms with Crippen molar-refractivity contribution in [2.45, 2.75) is 38.5 Å². The summed E-state index contributed by atoms with van der Waals surface area (Å²) in [5, 5.41) is 3.77. The maximum absolute atomic E-state index is 13.5. The van der Waals surface area contributed by atoms with Gasteiger partial charge in [0.25, 0.3) is 0 Å². The average molecular weight is 256 g/mol. The van der Waals surface area contributed by atoms with Gasteiger partial charge in [0.05, 0.1) is 5.69 Å². The van der Waals surface area contributed by atoms with E-state index in [1.165, 1.54) is 44.6 Å². The molecule has 1 fully saturated rings. The highest BCUT2D eigenvalue weighted by atomic mass is 35.5. The SMILES string of the molecule is Fc1ccc(Cl)cc1NCC1CCCCCC1. The molecule has 1 N–H and O–H groups in total. The van der Waals surface area contributed by atoms with Gasteiger partial charge in [-0.15, -0.1) is 0 Å². The molecule has 94 valence electrons. The van der Waals surface area contributed by atoms with Gasteiger partial charge in [0, 0.05) is 11.6 Å². The molecule has 3 heteroatoms. The number of anilines is 1. The maximum Gasteiger partial charge on any atom is 0.146 e. The Balaban J connectivity index is 1.89. The number of nitrogens with one attached hydrogen (secondary N) is 1. The second kappa shape index (κ2) is 6.25. The van der Waals surface area contributed by atoms with Crippen LogP contribution in [0.25, 0.3) is 0 Å². The average Bonchev–Trinajstić information content (AvgIpc) is 2.59. The van der Waals surface area contributed by atoms with Gasteiger partial charge >= 0.3 is 0 Å². The Bertz CT molecular complexity index is 359. The zero-order chi connectivity index (χ0) is 12.1. The minimum Gasteiger partial charge on any atom is -0.382 e. The number of rotatable bonds is 3. The predicted octanol–water partition coefficient (Wildman–Crippen LogP) is 4.86. The van der Waals surface area contributed by atoms with Gasteiger partial charge in [0.1, 0.15) is 5.82 Å². The fourth-order valence-corrected chi connectivity index (χ4v) is 2.63. The lowest BCUT2D eigenvalue weighted by Gasteiger charge is -2.16. The van der Waals surface area contributed by atoms with E-state index in [1.807, 2.05) is 0 Å². The number of hydrogen-bond donors (Lipinski definition) is 1. The minimum absolute atomic E-state index is 0.219. The molecule has 1 aromatic rings. The first-order chi connectivity index (χ1) is 8.25. The molecule has 0 aliphatic heterocycles. The van der Waals surface area contributed by atoms with Crippen molar-refractivity contribution in [3.63, 3.8) is 0 Å². The van der Waals surface area contributed by atoms with E-state index in [0.29, 0.717) is 16.6 Å². The topological polar surface area (TPSA) is 12.0 Å². The van der Waals surface area contributed by atoms with E-state index in [4.69, 9.17) is 11.6 Å². The van der Waals surface area contributed by atoms with Gasteiger partial charge < -0.3 is 5.32 Å². The van der Waals surface area contributed by atoms with Gasteiger partial charge in [-0.1, -0.05) is 37.3 Å². The lowest BCUT2D eigenvalue weighted by molar-refractivity contribution is 0.482. The van der Waals surface area contributed by atoms with Gasteiger partial charge in [-0.05, 0) is 37.0 Å². The molecule has 1 saturated carbocycles. The van der Waals surface area contributed by atoms with Gasteiger partial charge in [0.15, 0.2) is 0 Å². The zero-order valence-electron chi connectivity index (χ0n) is 10.0. The molecule has 2 rings (SSSR count). The smallest absolute Gasteiger partial charge is 0.146 e. The Labute approximate surface area is 107 Å². The first-order valence-corrected chi connectivity index (χ1v) is 6.82. The lowest BCUT2D eigenvalue weighted by atomic mass is 10.0. The van der Waals surface area contributed by atoms with Crippen molar-refractivity contribution < 1.29 is 4.39 Å². The third kappa shape index (κ3) is 3.88. The molecule has 1 aliphatic carbocycles. The monoisotopic (exact) mass is 255 g/mol. The standard InChI is InChI=1S/C14H19ClFN/c15-12-7-8-13(16)14(9-12)17-10-11-5-3-1-2-4-6-11/h7-9,11,17H,1-6,10H2. The van der Waals surface area contributed by atoms with Crippen molar-refractivity contribution in [2.24, 2.45) is 5.92 Å². The highest BCUT2D eigenvalue weighted by molar-refractivity contribution is 6.30. The van der Waals surface area contributed by atoms with Crippen LogP contribution in [-0.2, 0) is 0 Å². The van der Waals surface area contributed by atoms with Crippen molar-refractivity contribution in [2.75, 3.05) is 11.9 Å². The Hall–Kier alpha value is -0.760. The molecule has 0 bridgehead atoms. The Morgan fingerprint density at radius 2 is 1.88 bits per heavy atom. The molecule has 1 aliphatic rings. The molecule has 0 radical (unpaired) electrons. The van der Waals surface area contributed by atoms with Crippen molar-refractivity contribution in [1.82, 2.24) is 0 Å². The van der Waals surface area contributed by atoms with Crippen LogP contribution in [0.15, 0.2) is 18.2 Å². The molecule has 0 saturated heterocycles. The maximum atomic E-state index is 13.5. The largest absolute Gasteiger partial charge is 0.382 e. The van der Waals surface area contributed by atoms with Crippen LogP contribution in [0.3, 0.4) is 0 Å². The van der Waals surface area contributed by atoms with Crippen LogP contribution in [0, 0.1) is 11.7 Å². The first-order valence-electron chi connectivity index (χ1n) is 6.44. The number of benzene rings is 1. The van der Waals surface area contributed by atoms with E-state index in [1.54, 1.807) is 12.1 Å². The highest BCUT2D eigenvalue weighted by Crippen LogP contribution is 2.25. The summed E-state index contributed by atoms with van der Waals surface area (Å²) >= 11 is 5.86. The van der Waals surface area contributed by atoms with E-state index in [2.05, 4.69) is 5.32 Å². The van der Waals surface area contributed by atoms with Crippen molar-refractivity contribution >= 4 is 17.3 Å². The molecule has 0 amide bonds. The lowest BCUT2D eigenvalue weighted by Crippen LogP contribution is -2.14. The van der Waals surface area contributed by atoms with E-state index >= 15 is 0 Å². The van der Waals surface area contributed by atoms with Gasteiger partial charge in [-0.25, -0.2) is 4.39 Å². The molecular weight excluding hydrogens is 237 g/mol. The molecule has 0 unspecified atom stereocenters. The molecular formula is C14H19ClFN. The predicted molar refractivity (Wildman–Crippen MR) is 71.1 cm³/mol. The van der Waals surface area contributed by atoms with Gasteiger partial charge in [-0.3, -0.25) is 0 Å². The summed E-state index contributed by atoms with van der Waals surface area (Å²) in [4.78, 5) is 0. The fraction of sp³-hybridized carbons (Fsp3) is 0.571. The van der Waals surface area contributed by atoms with Crippen LogP contribution in [0.2, 0.25) is 5.02 Å². The molecule has 17 heavy (non-hydrogen) atoms. The fourth-order valence-electron chi connectivity index (χ4n) is 2.46. The van der Waals surface area contributed by atoms with E-state index < -0.39 is 0 Å². The Morgan fingerprint density at radius 1 is 1.18 bits per heavy atom. The number of halogens is 2. The highest BCUT2D eigenvalue weighted by Gasteiger charge is 2.12. The summed E-state index contributed by atoms with van der Waals surface area (Å²) in [5.41, 5.74) is 0.529. The third-order valence-corrected chi connectivity index (χ3v) is 3.72. The molecule has 1 nitrogen and oxygen atoms in total. The third-order valence-electron chi connectivity index (χ3n) is 3.48. The van der Waals surface area contributed by atoms with E-state index in [-0.39, 0.29) is 5.82 Å². The quantitative estimate of drug-likeness (QED) is 0.761. The van der Waals surface area contributed by atoms with Crippen molar-refractivity contribution in [3.8, 4) is 0 Å². The summed E-state index contributed by atoms with van der Waals surface area (Å²) in [6.45, 7) is 0.858. The Kier molecular flexibility index (Phi) is 4.66.